The maximum Gasteiger partial charge on any atom is 0.335 e. The van der Waals surface area contributed by atoms with E-state index in [9.17, 15) is 14.4 Å². The number of carbonyl (C=O) groups excluding carboxylic acids is 1. The fraction of sp³-hybridized carbons (Fsp3) is 0. The highest BCUT2D eigenvalue weighted by molar-refractivity contribution is 6.54. The van der Waals surface area contributed by atoms with Gasteiger partial charge in [0.1, 0.15) is 0 Å². The van der Waals surface area contributed by atoms with E-state index in [4.69, 9.17) is 10.2 Å². The van der Waals surface area contributed by atoms with Crippen LogP contribution in [-0.4, -0.2) is 33.8 Å². The van der Waals surface area contributed by atoms with Gasteiger partial charge in [-0.15, -0.1) is 0 Å². The van der Waals surface area contributed by atoms with Crippen LogP contribution in [-0.2, 0) is 4.79 Å². The molecule has 0 atom stereocenters. The normalized spacial score (nSPS) is 14.2. The second kappa shape index (κ2) is 5.84. The molecular formula is C16H11N3O5. The fourth-order valence-corrected chi connectivity index (χ4v) is 2.24. The van der Waals surface area contributed by atoms with Gasteiger partial charge in [-0.05, 0) is 36.4 Å². The Labute approximate surface area is 135 Å². The topological polar surface area (TPSA) is 128 Å². The Kier molecular flexibility index (Phi) is 3.70. The molecule has 0 fully saturated rings. The number of rotatable bonds is 4. The van der Waals surface area contributed by atoms with Crippen LogP contribution in [0.3, 0.4) is 0 Å². The number of carboxylic acid groups (broad SMARTS) is 2. The molecule has 0 spiro atoms. The minimum absolute atomic E-state index is 0.0221. The lowest BCUT2D eigenvalue weighted by molar-refractivity contribution is -0.110. The highest BCUT2D eigenvalue weighted by Gasteiger charge is 2.27. The van der Waals surface area contributed by atoms with Crippen LogP contribution in [0.1, 0.15) is 26.3 Å². The van der Waals surface area contributed by atoms with E-state index in [1.165, 1.54) is 36.4 Å². The quantitative estimate of drug-likeness (QED) is 0.635. The first kappa shape index (κ1) is 15.2. The van der Waals surface area contributed by atoms with Crippen LogP contribution >= 0.6 is 0 Å². The maximum atomic E-state index is 12.0. The molecule has 3 rings (SSSR count). The zero-order valence-corrected chi connectivity index (χ0v) is 12.1. The molecule has 0 bridgehead atoms. The molecule has 1 heterocycles. The maximum absolute atomic E-state index is 12.0. The highest BCUT2D eigenvalue weighted by Crippen LogP contribution is 2.25. The first-order chi connectivity index (χ1) is 11.5. The van der Waals surface area contributed by atoms with Gasteiger partial charge in [-0.25, -0.2) is 9.59 Å². The van der Waals surface area contributed by atoms with Crippen molar-refractivity contribution in [2.24, 2.45) is 5.10 Å². The van der Waals surface area contributed by atoms with Gasteiger partial charge in [0.2, 0.25) is 0 Å². The number of anilines is 2. The summed E-state index contributed by atoms with van der Waals surface area (Å²) in [5, 5.41) is 24.6. The summed E-state index contributed by atoms with van der Waals surface area (Å²) in [7, 11) is 0. The Morgan fingerprint density at radius 3 is 2.42 bits per heavy atom. The van der Waals surface area contributed by atoms with Crippen LogP contribution in [0.15, 0.2) is 47.6 Å². The largest absolute Gasteiger partial charge is 0.478 e. The van der Waals surface area contributed by atoms with Gasteiger partial charge in [-0.3, -0.25) is 10.2 Å². The molecule has 8 nitrogen and oxygen atoms in total. The Bertz CT molecular complexity index is 904. The molecule has 0 aromatic heterocycles. The zero-order valence-electron chi connectivity index (χ0n) is 12.1. The van der Waals surface area contributed by atoms with Gasteiger partial charge in [0.05, 0.1) is 22.5 Å². The zero-order chi connectivity index (χ0) is 17.3. The molecule has 8 heteroatoms. The number of benzene rings is 2. The summed E-state index contributed by atoms with van der Waals surface area (Å²) in [4.78, 5) is 34.0. The van der Waals surface area contributed by atoms with Gasteiger partial charge in [-0.2, -0.15) is 5.10 Å². The number of carbonyl (C=O) groups is 3. The van der Waals surface area contributed by atoms with Gasteiger partial charge in [0.25, 0.3) is 5.91 Å². The molecule has 0 aliphatic carbocycles. The molecular weight excluding hydrogens is 314 g/mol. The molecule has 2 aromatic rings. The number of fused-ring (bicyclic) bond motifs is 1. The molecule has 2 aromatic carbocycles. The second-order valence-electron chi connectivity index (χ2n) is 4.98. The van der Waals surface area contributed by atoms with E-state index in [2.05, 4.69) is 15.8 Å². The summed E-state index contributed by atoms with van der Waals surface area (Å²) in [6, 6.07) is 10.2. The lowest BCUT2D eigenvalue weighted by Gasteiger charge is -2.03. The second-order valence-corrected chi connectivity index (χ2v) is 4.98. The summed E-state index contributed by atoms with van der Waals surface area (Å²) in [6.07, 6.45) is 0. The third kappa shape index (κ3) is 2.80. The summed E-state index contributed by atoms with van der Waals surface area (Å²) in [6.45, 7) is 0. The van der Waals surface area contributed by atoms with Crippen molar-refractivity contribution in [2.75, 3.05) is 10.7 Å². The van der Waals surface area contributed by atoms with Crippen molar-refractivity contribution < 1.29 is 24.6 Å². The van der Waals surface area contributed by atoms with Crippen molar-refractivity contribution in [3.05, 3.63) is 59.2 Å². The molecule has 1 aliphatic heterocycles. The Morgan fingerprint density at radius 2 is 1.71 bits per heavy atom. The predicted octanol–water partition coefficient (Wildman–Crippen LogP) is 1.85. The first-order valence-electron chi connectivity index (χ1n) is 6.82. The van der Waals surface area contributed by atoms with E-state index in [1.807, 2.05) is 0 Å². The van der Waals surface area contributed by atoms with E-state index in [1.54, 1.807) is 6.07 Å². The number of nitrogens with zero attached hydrogens (tertiary/aromatic N) is 1. The molecule has 0 unspecified atom stereocenters. The summed E-state index contributed by atoms with van der Waals surface area (Å²) >= 11 is 0. The average Bonchev–Trinajstić information content (AvgIpc) is 2.87. The minimum atomic E-state index is -1.11. The van der Waals surface area contributed by atoms with Gasteiger partial charge >= 0.3 is 11.9 Å². The SMILES string of the molecule is O=C1Nc2ccc(C(=O)O)cc2/C1=N/Nc1cccc(C(=O)O)c1. The van der Waals surface area contributed by atoms with Crippen LogP contribution in [0.25, 0.3) is 0 Å². The third-order valence-electron chi connectivity index (χ3n) is 3.39. The molecule has 0 saturated carbocycles. The number of carboxylic acids is 2. The lowest BCUT2D eigenvalue weighted by Crippen LogP contribution is -2.16. The van der Waals surface area contributed by atoms with Crippen molar-refractivity contribution in [1.29, 1.82) is 0 Å². The van der Waals surface area contributed by atoms with Gasteiger partial charge in [-0.1, -0.05) is 6.07 Å². The molecule has 24 heavy (non-hydrogen) atoms. The van der Waals surface area contributed by atoms with Crippen molar-refractivity contribution in [1.82, 2.24) is 0 Å². The van der Waals surface area contributed by atoms with E-state index in [0.717, 1.165) is 0 Å². The number of amides is 1. The van der Waals surface area contributed by atoms with Crippen molar-refractivity contribution in [3.8, 4) is 0 Å². The van der Waals surface area contributed by atoms with Gasteiger partial charge in [0.15, 0.2) is 5.71 Å². The van der Waals surface area contributed by atoms with Crippen LogP contribution in [0.5, 0.6) is 0 Å². The van der Waals surface area contributed by atoms with Gasteiger partial charge < -0.3 is 15.5 Å². The third-order valence-corrected chi connectivity index (χ3v) is 3.39. The smallest absolute Gasteiger partial charge is 0.335 e. The number of hydrogen-bond donors (Lipinski definition) is 4. The molecule has 0 radical (unpaired) electrons. The minimum Gasteiger partial charge on any atom is -0.478 e. The number of nitrogens with one attached hydrogen (secondary N) is 2. The molecule has 120 valence electrons. The van der Waals surface area contributed by atoms with Crippen LogP contribution in [0.2, 0.25) is 0 Å². The van der Waals surface area contributed by atoms with E-state index in [0.29, 0.717) is 16.9 Å². The van der Waals surface area contributed by atoms with E-state index >= 15 is 0 Å². The standard InChI is InChI=1S/C16H11N3O5/c20-14-13(11-7-9(16(23)24)4-5-12(11)17-14)19-18-10-3-1-2-8(6-10)15(21)22/h1-7,18H,(H,21,22)(H,23,24)(H,17,19,20). The van der Waals surface area contributed by atoms with Crippen LogP contribution in [0.4, 0.5) is 11.4 Å². The number of aromatic carboxylic acids is 2. The van der Waals surface area contributed by atoms with Gasteiger partial charge in [0, 0.05) is 5.56 Å². The van der Waals surface area contributed by atoms with Crippen molar-refractivity contribution in [2.45, 2.75) is 0 Å². The van der Waals surface area contributed by atoms with E-state index < -0.39 is 17.8 Å². The summed E-state index contributed by atoms with van der Waals surface area (Å²) in [5.41, 5.74) is 3.96. The van der Waals surface area contributed by atoms with Crippen molar-refractivity contribution in [3.63, 3.8) is 0 Å². The first-order valence-corrected chi connectivity index (χ1v) is 6.82. The average molecular weight is 325 g/mol. The number of hydrazone groups is 1. The Hall–Kier alpha value is -3.68. The molecule has 0 saturated heterocycles. The highest BCUT2D eigenvalue weighted by atomic mass is 16.4. The molecule has 4 N–H and O–H groups in total. The fourth-order valence-electron chi connectivity index (χ4n) is 2.24. The monoisotopic (exact) mass is 325 g/mol. The van der Waals surface area contributed by atoms with Crippen molar-refractivity contribution >= 4 is 34.9 Å². The predicted molar refractivity (Wildman–Crippen MR) is 85.6 cm³/mol. The summed E-state index contributed by atoms with van der Waals surface area (Å²) in [5.74, 6) is -2.67. The summed E-state index contributed by atoms with van der Waals surface area (Å²) < 4.78 is 0. The molecule has 1 amide bonds. The van der Waals surface area contributed by atoms with E-state index in [-0.39, 0.29) is 16.8 Å². The Balaban J connectivity index is 1.93. The number of hydrogen-bond acceptors (Lipinski definition) is 5. The molecule has 1 aliphatic rings. The van der Waals surface area contributed by atoms with Crippen LogP contribution < -0.4 is 10.7 Å². The Morgan fingerprint density at radius 1 is 1.00 bits per heavy atom. The van der Waals surface area contributed by atoms with Crippen LogP contribution in [0, 0.1) is 0 Å². The lowest BCUT2D eigenvalue weighted by atomic mass is 10.1.